The molecule has 13 rings (SSSR count). The van der Waals surface area contributed by atoms with Gasteiger partial charge in [0.1, 0.15) is 0 Å². The van der Waals surface area contributed by atoms with E-state index >= 15 is 0 Å². The van der Waals surface area contributed by atoms with E-state index in [0.717, 1.165) is 5.69 Å². The van der Waals surface area contributed by atoms with Crippen LogP contribution in [0.1, 0.15) is 0 Å². The number of hydrogen-bond acceptors (Lipinski definition) is 0. The van der Waals surface area contributed by atoms with E-state index in [0.29, 0.717) is 0 Å². The second-order valence-electron chi connectivity index (χ2n) is 15.7. The molecule has 0 spiro atoms. The molecule has 3 aromatic heterocycles. The number of hydrogen-bond donors (Lipinski definition) is 0. The van der Waals surface area contributed by atoms with Crippen molar-refractivity contribution in [2.75, 3.05) is 0 Å². The van der Waals surface area contributed by atoms with E-state index < -0.39 is 8.07 Å². The van der Waals surface area contributed by atoms with Gasteiger partial charge < -0.3 is 13.7 Å². The fourth-order valence-electron chi connectivity index (χ4n) is 10.6. The zero-order chi connectivity index (χ0) is 38.0. The van der Waals surface area contributed by atoms with Gasteiger partial charge in [-0.3, -0.25) is 0 Å². The van der Waals surface area contributed by atoms with Gasteiger partial charge in [0.25, 0.3) is 0 Å². The highest BCUT2D eigenvalue weighted by molar-refractivity contribution is 7.21. The monoisotopic (exact) mass is 753 g/mol. The lowest BCUT2D eigenvalue weighted by Gasteiger charge is -2.39. The molecule has 0 N–H and O–H groups in total. The third kappa shape index (κ3) is 4.06. The predicted molar refractivity (Wildman–Crippen MR) is 247 cm³/mol. The Hall–Kier alpha value is -7.40. The van der Waals surface area contributed by atoms with E-state index in [2.05, 4.69) is 226 Å². The quantitative estimate of drug-likeness (QED) is 0.159. The van der Waals surface area contributed by atoms with E-state index in [4.69, 9.17) is 0 Å². The summed E-state index contributed by atoms with van der Waals surface area (Å²) in [6, 6.07) is 79.3. The van der Waals surface area contributed by atoms with Crippen molar-refractivity contribution in [3.8, 4) is 17.1 Å². The summed E-state index contributed by atoms with van der Waals surface area (Å²) in [7, 11) is -2.70. The average molecular weight is 754 g/mol. The van der Waals surface area contributed by atoms with Gasteiger partial charge in [0.15, 0.2) is 8.07 Å². The van der Waals surface area contributed by atoms with Crippen molar-refractivity contribution in [1.82, 2.24) is 13.7 Å². The SMILES string of the molecule is c1ccc([Si]2(c3ccccc3)c3ccccc3-n3c4ccc(-n5c6ccccc6c6cc(-n7c8ccccc8c8ccccc87)ccc65)cc4c4cccc2c43)cc1. The molecule has 0 atom stereocenters. The van der Waals surface area contributed by atoms with E-state index in [1.807, 2.05) is 0 Å². The lowest BCUT2D eigenvalue weighted by atomic mass is 10.1. The molecule has 12 aromatic rings. The smallest absolute Gasteiger partial charge is 0.184 e. The molecule has 1 aliphatic heterocycles. The van der Waals surface area contributed by atoms with Crippen LogP contribution in [0.15, 0.2) is 212 Å². The fourth-order valence-corrected chi connectivity index (χ4v) is 15.7. The maximum absolute atomic E-state index is 2.70. The van der Waals surface area contributed by atoms with Crippen molar-refractivity contribution >= 4 is 94.2 Å². The number of fused-ring (bicyclic) bond motifs is 11. The highest BCUT2D eigenvalue weighted by atomic mass is 28.3. The molecule has 58 heavy (non-hydrogen) atoms. The third-order valence-electron chi connectivity index (χ3n) is 12.9. The van der Waals surface area contributed by atoms with Crippen LogP contribution in [0.4, 0.5) is 0 Å². The van der Waals surface area contributed by atoms with Crippen LogP contribution in [0, 0.1) is 0 Å². The standard InChI is InChI=1S/C54H35N3Si/c1-3-16-38(17-4-1)58(39-18-5-2-6-19-39)52-28-14-13-27-51(52)57-50-33-31-37(35-45(50)43-23-15-29-53(58)54(43)57)56-48-26-12-9-22-42(48)44-34-36(30-32-49(44)56)55-46-24-10-7-20-40(46)41-21-8-11-25-47(41)55/h1-35H. The van der Waals surface area contributed by atoms with Gasteiger partial charge in [-0.15, -0.1) is 0 Å². The summed E-state index contributed by atoms with van der Waals surface area (Å²) in [5.74, 6) is 0. The van der Waals surface area contributed by atoms with E-state index in [-0.39, 0.29) is 0 Å². The summed E-state index contributed by atoms with van der Waals surface area (Å²) in [5, 5.41) is 13.3. The number of nitrogens with zero attached hydrogens (tertiary/aromatic N) is 3. The van der Waals surface area contributed by atoms with E-state index in [9.17, 15) is 0 Å². The molecule has 0 saturated heterocycles. The van der Waals surface area contributed by atoms with Gasteiger partial charge in [0.05, 0.1) is 33.1 Å². The molecule has 270 valence electrons. The molecule has 0 amide bonds. The molecule has 4 heteroatoms. The lowest BCUT2D eigenvalue weighted by Crippen LogP contribution is -2.76. The topological polar surface area (TPSA) is 14.8 Å². The molecular weight excluding hydrogens is 719 g/mol. The minimum atomic E-state index is -2.70. The van der Waals surface area contributed by atoms with Gasteiger partial charge in [0, 0.05) is 49.4 Å². The number of aromatic nitrogens is 3. The van der Waals surface area contributed by atoms with Gasteiger partial charge in [-0.1, -0.05) is 152 Å². The minimum Gasteiger partial charge on any atom is -0.309 e. The van der Waals surface area contributed by atoms with Crippen molar-refractivity contribution in [2.45, 2.75) is 0 Å². The molecule has 1 aliphatic rings. The van der Waals surface area contributed by atoms with Crippen LogP contribution in [0.2, 0.25) is 0 Å². The first-order valence-corrected chi connectivity index (χ1v) is 22.1. The first-order chi connectivity index (χ1) is 28.8. The summed E-state index contributed by atoms with van der Waals surface area (Å²) >= 11 is 0. The Kier molecular flexibility index (Phi) is 6.47. The van der Waals surface area contributed by atoms with E-state index in [1.165, 1.54) is 97.5 Å². The molecule has 0 unspecified atom stereocenters. The highest BCUT2D eigenvalue weighted by Gasteiger charge is 2.47. The van der Waals surface area contributed by atoms with Crippen LogP contribution in [0.25, 0.3) is 82.5 Å². The summed E-state index contributed by atoms with van der Waals surface area (Å²) in [5.41, 5.74) is 11.0. The molecule has 3 nitrogen and oxygen atoms in total. The summed E-state index contributed by atoms with van der Waals surface area (Å²) in [6.45, 7) is 0. The van der Waals surface area contributed by atoms with Gasteiger partial charge in [-0.05, 0) is 81.4 Å². The summed E-state index contributed by atoms with van der Waals surface area (Å²) in [6.07, 6.45) is 0. The third-order valence-corrected chi connectivity index (χ3v) is 17.7. The molecule has 9 aromatic carbocycles. The zero-order valence-corrected chi connectivity index (χ0v) is 32.5. The Balaban J connectivity index is 1.08. The largest absolute Gasteiger partial charge is 0.309 e. The number of benzene rings is 9. The Morgan fingerprint density at radius 1 is 0.276 bits per heavy atom. The van der Waals surface area contributed by atoms with Crippen LogP contribution in [0.5, 0.6) is 0 Å². The Bertz CT molecular complexity index is 3530. The van der Waals surface area contributed by atoms with Gasteiger partial charge in [0.2, 0.25) is 0 Å². The number of para-hydroxylation sites is 5. The predicted octanol–water partition coefficient (Wildman–Crippen LogP) is 10.7. The second-order valence-corrected chi connectivity index (χ2v) is 19.4. The van der Waals surface area contributed by atoms with E-state index in [1.54, 1.807) is 0 Å². The average Bonchev–Trinajstić information content (AvgIpc) is 3.93. The van der Waals surface area contributed by atoms with Crippen molar-refractivity contribution in [3.63, 3.8) is 0 Å². The van der Waals surface area contributed by atoms with Crippen molar-refractivity contribution in [3.05, 3.63) is 212 Å². The minimum absolute atomic E-state index is 1.16. The molecule has 0 aliphatic carbocycles. The van der Waals surface area contributed by atoms with Crippen molar-refractivity contribution in [2.24, 2.45) is 0 Å². The van der Waals surface area contributed by atoms with Gasteiger partial charge in [-0.25, -0.2) is 0 Å². The maximum Gasteiger partial charge on any atom is 0.184 e. The maximum atomic E-state index is 2.56. The first kappa shape index (κ1) is 31.8. The Morgan fingerprint density at radius 2 is 0.690 bits per heavy atom. The van der Waals surface area contributed by atoms with Gasteiger partial charge >= 0.3 is 0 Å². The fraction of sp³-hybridized carbons (Fsp3) is 0. The lowest BCUT2D eigenvalue weighted by molar-refractivity contribution is 1.16. The molecule has 4 heterocycles. The van der Waals surface area contributed by atoms with Crippen LogP contribution >= 0.6 is 0 Å². The summed E-state index contributed by atoms with van der Waals surface area (Å²) < 4.78 is 7.44. The van der Waals surface area contributed by atoms with Crippen molar-refractivity contribution in [1.29, 1.82) is 0 Å². The molecule has 0 fully saturated rings. The number of rotatable bonds is 4. The molecule has 0 bridgehead atoms. The van der Waals surface area contributed by atoms with Crippen molar-refractivity contribution < 1.29 is 0 Å². The summed E-state index contributed by atoms with van der Waals surface area (Å²) in [4.78, 5) is 0. The molecule has 0 radical (unpaired) electrons. The first-order valence-electron chi connectivity index (χ1n) is 20.1. The zero-order valence-electron chi connectivity index (χ0n) is 31.5. The van der Waals surface area contributed by atoms with Crippen LogP contribution in [0.3, 0.4) is 0 Å². The second kappa shape index (κ2) is 11.8. The Labute approximate surface area is 335 Å². The normalized spacial score (nSPS) is 13.3. The van der Waals surface area contributed by atoms with Gasteiger partial charge in [-0.2, -0.15) is 0 Å². The van der Waals surface area contributed by atoms with Crippen LogP contribution in [-0.4, -0.2) is 21.8 Å². The van der Waals surface area contributed by atoms with Crippen LogP contribution in [-0.2, 0) is 0 Å². The highest BCUT2D eigenvalue weighted by Crippen LogP contribution is 2.40. The van der Waals surface area contributed by atoms with Crippen LogP contribution < -0.4 is 20.7 Å². The molecule has 0 saturated carbocycles. The Morgan fingerprint density at radius 3 is 1.28 bits per heavy atom. The molecular formula is C54H35N3Si.